The molecule has 0 aliphatic heterocycles. The van der Waals surface area contributed by atoms with Crippen LogP contribution in [0.15, 0.2) is 12.2 Å². The van der Waals surface area contributed by atoms with Crippen molar-refractivity contribution in [1.29, 1.82) is 0 Å². The van der Waals surface area contributed by atoms with Gasteiger partial charge in [-0.05, 0) is 70.8 Å². The number of carbonyl (C=O) groups excluding carboxylic acids is 3. The largest absolute Gasteiger partial charge is 0.357 e. The molecule has 0 aliphatic rings. The SMILES string of the molecule is CCCCCCCC/C=C\CCCCCCCC(=O)NC(CCCCNC(=O)C(N)CCCCN)C(=O)NC. The smallest absolute Gasteiger partial charge is 0.242 e. The monoisotopic (exact) mass is 551 g/mol. The normalized spacial score (nSPS) is 12.8. The lowest BCUT2D eigenvalue weighted by molar-refractivity contribution is -0.129. The second kappa shape index (κ2) is 27.6. The molecule has 0 rings (SSSR count). The molecular formula is C31H61N5O3. The molecule has 0 aromatic rings. The fourth-order valence-corrected chi connectivity index (χ4v) is 4.52. The first-order valence-electron chi connectivity index (χ1n) is 15.9. The zero-order valence-electron chi connectivity index (χ0n) is 25.2. The van der Waals surface area contributed by atoms with E-state index in [1.54, 1.807) is 7.05 Å². The fourth-order valence-electron chi connectivity index (χ4n) is 4.52. The van der Waals surface area contributed by atoms with Crippen LogP contribution in [-0.2, 0) is 14.4 Å². The van der Waals surface area contributed by atoms with E-state index < -0.39 is 12.1 Å². The quantitative estimate of drug-likeness (QED) is 0.0722. The minimum Gasteiger partial charge on any atom is -0.357 e. The summed E-state index contributed by atoms with van der Waals surface area (Å²) in [6.45, 7) is 3.37. The molecule has 0 radical (unpaired) electrons. The summed E-state index contributed by atoms with van der Waals surface area (Å²) in [6.07, 6.45) is 25.3. The Balaban J connectivity index is 3.87. The van der Waals surface area contributed by atoms with E-state index in [1.165, 1.54) is 57.8 Å². The standard InChI is InChI=1S/C31H61N5O3/c1-3-4-5-6-7-8-9-10-11-12-13-14-15-16-17-24-29(37)36-28(31(39)34-2)23-19-21-26-35-30(38)27(33)22-18-20-25-32/h10-11,27-28H,3-9,12-26,32-33H2,1-2H3,(H,34,39)(H,35,38)(H,36,37)/b11-10-. The van der Waals surface area contributed by atoms with Crippen LogP contribution in [0.2, 0.25) is 0 Å². The Hall–Kier alpha value is -1.93. The number of carbonyl (C=O) groups is 3. The highest BCUT2D eigenvalue weighted by Crippen LogP contribution is 2.10. The summed E-state index contributed by atoms with van der Waals surface area (Å²) in [7, 11) is 1.58. The van der Waals surface area contributed by atoms with Crippen LogP contribution in [0.1, 0.15) is 135 Å². The lowest BCUT2D eigenvalue weighted by Crippen LogP contribution is -2.45. The molecule has 8 heteroatoms. The molecule has 39 heavy (non-hydrogen) atoms. The van der Waals surface area contributed by atoms with E-state index in [2.05, 4.69) is 35.0 Å². The van der Waals surface area contributed by atoms with Crippen molar-refractivity contribution in [3.05, 3.63) is 12.2 Å². The van der Waals surface area contributed by atoms with Gasteiger partial charge in [0, 0.05) is 20.0 Å². The average Bonchev–Trinajstić information content (AvgIpc) is 2.93. The van der Waals surface area contributed by atoms with Crippen LogP contribution >= 0.6 is 0 Å². The van der Waals surface area contributed by atoms with Gasteiger partial charge in [0.2, 0.25) is 17.7 Å². The second-order valence-corrected chi connectivity index (χ2v) is 10.7. The number of hydrogen-bond donors (Lipinski definition) is 5. The lowest BCUT2D eigenvalue weighted by Gasteiger charge is -2.17. The summed E-state index contributed by atoms with van der Waals surface area (Å²) in [5.41, 5.74) is 11.4. The number of hydrogen-bond acceptors (Lipinski definition) is 5. The van der Waals surface area contributed by atoms with Crippen molar-refractivity contribution in [1.82, 2.24) is 16.0 Å². The van der Waals surface area contributed by atoms with Gasteiger partial charge in [-0.1, -0.05) is 76.9 Å². The summed E-state index contributed by atoms with van der Waals surface area (Å²) < 4.78 is 0. The Kier molecular flexibility index (Phi) is 26.3. The van der Waals surface area contributed by atoms with Gasteiger partial charge in [-0.3, -0.25) is 14.4 Å². The maximum Gasteiger partial charge on any atom is 0.242 e. The first-order valence-corrected chi connectivity index (χ1v) is 15.9. The van der Waals surface area contributed by atoms with E-state index in [9.17, 15) is 14.4 Å². The molecule has 2 atom stereocenters. The molecule has 2 unspecified atom stereocenters. The van der Waals surface area contributed by atoms with Crippen LogP contribution in [0.3, 0.4) is 0 Å². The van der Waals surface area contributed by atoms with Crippen LogP contribution in [0.4, 0.5) is 0 Å². The molecule has 0 saturated carbocycles. The van der Waals surface area contributed by atoms with Gasteiger partial charge in [0.05, 0.1) is 6.04 Å². The molecule has 0 aromatic heterocycles. The van der Waals surface area contributed by atoms with Crippen LogP contribution in [0, 0.1) is 0 Å². The van der Waals surface area contributed by atoms with E-state index in [0.29, 0.717) is 38.8 Å². The van der Waals surface area contributed by atoms with Crippen LogP contribution < -0.4 is 27.4 Å². The molecule has 0 heterocycles. The second-order valence-electron chi connectivity index (χ2n) is 10.7. The summed E-state index contributed by atoms with van der Waals surface area (Å²) >= 11 is 0. The Morgan fingerprint density at radius 1 is 0.718 bits per heavy atom. The van der Waals surface area contributed by atoms with E-state index in [1.807, 2.05) is 0 Å². The number of rotatable bonds is 27. The Bertz CT molecular complexity index is 642. The van der Waals surface area contributed by atoms with Crippen LogP contribution in [-0.4, -0.2) is 49.9 Å². The summed E-state index contributed by atoms with van der Waals surface area (Å²) in [4.78, 5) is 36.6. The Labute approximate surface area is 239 Å². The van der Waals surface area contributed by atoms with Gasteiger partial charge in [-0.2, -0.15) is 0 Å². The predicted octanol–water partition coefficient (Wildman–Crippen LogP) is 5.00. The van der Waals surface area contributed by atoms with Crippen molar-refractivity contribution in [3.63, 3.8) is 0 Å². The lowest BCUT2D eigenvalue weighted by atomic mass is 10.1. The number of amides is 3. The topological polar surface area (TPSA) is 139 Å². The molecule has 3 amide bonds. The third-order valence-corrected chi connectivity index (χ3v) is 7.09. The maximum absolute atomic E-state index is 12.4. The number of allylic oxidation sites excluding steroid dienone is 2. The molecule has 0 aromatic carbocycles. The van der Waals surface area contributed by atoms with Crippen LogP contribution in [0.25, 0.3) is 0 Å². The van der Waals surface area contributed by atoms with Gasteiger partial charge in [0.15, 0.2) is 0 Å². The Morgan fingerprint density at radius 3 is 1.92 bits per heavy atom. The van der Waals surface area contributed by atoms with E-state index in [4.69, 9.17) is 11.5 Å². The van der Waals surface area contributed by atoms with Crippen molar-refractivity contribution >= 4 is 17.7 Å². The van der Waals surface area contributed by atoms with E-state index in [-0.39, 0.29) is 17.7 Å². The minimum atomic E-state index is -0.542. The Morgan fingerprint density at radius 2 is 1.31 bits per heavy atom. The maximum atomic E-state index is 12.4. The third-order valence-electron chi connectivity index (χ3n) is 7.09. The number of nitrogens with two attached hydrogens (primary N) is 2. The molecule has 0 aliphatic carbocycles. The average molecular weight is 552 g/mol. The molecule has 228 valence electrons. The van der Waals surface area contributed by atoms with Crippen LogP contribution in [0.5, 0.6) is 0 Å². The van der Waals surface area contributed by atoms with Gasteiger partial charge in [-0.25, -0.2) is 0 Å². The highest BCUT2D eigenvalue weighted by molar-refractivity contribution is 5.87. The minimum absolute atomic E-state index is 0.0713. The van der Waals surface area contributed by atoms with Gasteiger partial charge >= 0.3 is 0 Å². The van der Waals surface area contributed by atoms with Gasteiger partial charge in [0.1, 0.15) is 6.04 Å². The van der Waals surface area contributed by atoms with Crippen molar-refractivity contribution in [2.45, 2.75) is 147 Å². The molecule has 0 bridgehead atoms. The first-order chi connectivity index (χ1) is 19.0. The molecule has 0 spiro atoms. The summed E-state index contributed by atoms with van der Waals surface area (Å²) in [5.74, 6) is -0.403. The third kappa shape index (κ3) is 23.7. The molecule has 0 saturated heterocycles. The number of unbranched alkanes of at least 4 members (excludes halogenated alkanes) is 13. The first kappa shape index (κ1) is 37.1. The van der Waals surface area contributed by atoms with Gasteiger partial charge < -0.3 is 27.4 Å². The van der Waals surface area contributed by atoms with Crippen molar-refractivity contribution in [2.75, 3.05) is 20.1 Å². The van der Waals surface area contributed by atoms with Crippen molar-refractivity contribution in [2.24, 2.45) is 11.5 Å². The van der Waals surface area contributed by atoms with Crippen molar-refractivity contribution in [3.8, 4) is 0 Å². The highest BCUT2D eigenvalue weighted by atomic mass is 16.2. The van der Waals surface area contributed by atoms with Gasteiger partial charge in [-0.15, -0.1) is 0 Å². The predicted molar refractivity (Wildman–Crippen MR) is 163 cm³/mol. The molecule has 7 N–H and O–H groups in total. The number of nitrogens with one attached hydrogen (secondary N) is 3. The highest BCUT2D eigenvalue weighted by Gasteiger charge is 2.19. The van der Waals surface area contributed by atoms with Crippen molar-refractivity contribution < 1.29 is 14.4 Å². The van der Waals surface area contributed by atoms with E-state index >= 15 is 0 Å². The molecular weight excluding hydrogens is 490 g/mol. The molecule has 0 fully saturated rings. The summed E-state index contributed by atoms with van der Waals surface area (Å²) in [5, 5.41) is 8.37. The summed E-state index contributed by atoms with van der Waals surface area (Å²) in [6, 6.07) is -1.05. The number of likely N-dealkylation sites (N-methyl/N-ethyl adjacent to an activating group) is 1. The van der Waals surface area contributed by atoms with Gasteiger partial charge in [0.25, 0.3) is 0 Å². The van der Waals surface area contributed by atoms with E-state index in [0.717, 1.165) is 44.9 Å². The fraction of sp³-hybridized carbons (Fsp3) is 0.839. The molecule has 8 nitrogen and oxygen atoms in total. The zero-order chi connectivity index (χ0) is 29.0. The zero-order valence-corrected chi connectivity index (χ0v) is 25.2.